The molecular weight excluding hydrogens is 316 g/mol. The van der Waals surface area contributed by atoms with E-state index in [2.05, 4.69) is 51.7 Å². The molecule has 0 saturated carbocycles. The number of imidazole rings is 1. The van der Waals surface area contributed by atoms with Crippen LogP contribution < -0.4 is 0 Å². The van der Waals surface area contributed by atoms with Crippen molar-refractivity contribution in [2.75, 3.05) is 19.7 Å². The van der Waals surface area contributed by atoms with Gasteiger partial charge < -0.3 is 4.74 Å². The number of ether oxygens (including phenoxy) is 1. The Morgan fingerprint density at radius 1 is 1.20 bits per heavy atom. The summed E-state index contributed by atoms with van der Waals surface area (Å²) in [6.45, 7) is 10.3. The fraction of sp³-hybridized carbons (Fsp3) is 0.500. The Bertz CT molecular complexity index is 883. The molecule has 0 aromatic carbocycles. The highest BCUT2D eigenvalue weighted by atomic mass is 16.5. The predicted octanol–water partition coefficient (Wildman–Crippen LogP) is 1.75. The summed E-state index contributed by atoms with van der Waals surface area (Å²) in [7, 11) is 0. The van der Waals surface area contributed by atoms with Gasteiger partial charge in [0.2, 0.25) is 5.78 Å². The lowest BCUT2D eigenvalue weighted by molar-refractivity contribution is -0.0405. The molecular formula is C18H24N6O. The largest absolute Gasteiger partial charge is 0.374 e. The van der Waals surface area contributed by atoms with Crippen LogP contribution in [0, 0.1) is 20.8 Å². The molecule has 3 aromatic heterocycles. The summed E-state index contributed by atoms with van der Waals surface area (Å²) < 4.78 is 9.94. The smallest absolute Gasteiger partial charge is 0.234 e. The van der Waals surface area contributed by atoms with E-state index in [0.717, 1.165) is 55.6 Å². The van der Waals surface area contributed by atoms with E-state index in [1.807, 2.05) is 17.8 Å². The Labute approximate surface area is 147 Å². The van der Waals surface area contributed by atoms with Crippen molar-refractivity contribution in [1.29, 1.82) is 0 Å². The number of hydrogen-bond donors (Lipinski definition) is 0. The fourth-order valence-corrected chi connectivity index (χ4v) is 3.43. The third-order valence-electron chi connectivity index (χ3n) is 4.57. The normalized spacial score (nSPS) is 18.9. The van der Waals surface area contributed by atoms with Gasteiger partial charge in [0, 0.05) is 43.4 Å². The molecule has 1 aliphatic rings. The van der Waals surface area contributed by atoms with E-state index >= 15 is 0 Å². The Morgan fingerprint density at radius 3 is 2.88 bits per heavy atom. The highest BCUT2D eigenvalue weighted by molar-refractivity contribution is 5.34. The Hall–Kier alpha value is -2.25. The summed E-state index contributed by atoms with van der Waals surface area (Å²) in [5.74, 6) is 0.782. The van der Waals surface area contributed by atoms with Crippen molar-refractivity contribution in [1.82, 2.24) is 29.0 Å². The SMILES string of the molecule is Cc1cnn(CC2CN(Cc3cn4c(C)cc(C)nc4n3)CCO2)c1. The van der Waals surface area contributed by atoms with Crippen molar-refractivity contribution in [2.45, 2.75) is 40.0 Å². The molecule has 1 saturated heterocycles. The minimum atomic E-state index is 0.159. The van der Waals surface area contributed by atoms with Gasteiger partial charge in [-0.1, -0.05) is 0 Å². The average Bonchev–Trinajstić information content (AvgIpc) is 3.14. The fourth-order valence-electron chi connectivity index (χ4n) is 3.43. The summed E-state index contributed by atoms with van der Waals surface area (Å²) in [5, 5.41) is 4.36. The maximum absolute atomic E-state index is 5.91. The summed E-state index contributed by atoms with van der Waals surface area (Å²) in [4.78, 5) is 11.6. The number of morpholine rings is 1. The van der Waals surface area contributed by atoms with E-state index < -0.39 is 0 Å². The number of fused-ring (bicyclic) bond motifs is 1. The summed E-state index contributed by atoms with van der Waals surface area (Å²) in [5.41, 5.74) is 4.39. The van der Waals surface area contributed by atoms with Crippen LogP contribution in [0.25, 0.3) is 5.78 Å². The molecule has 0 aliphatic carbocycles. The van der Waals surface area contributed by atoms with Gasteiger partial charge >= 0.3 is 0 Å². The molecule has 7 heteroatoms. The molecule has 3 aromatic rings. The van der Waals surface area contributed by atoms with Gasteiger partial charge in [-0.25, -0.2) is 9.97 Å². The van der Waals surface area contributed by atoms with Gasteiger partial charge in [0.15, 0.2) is 0 Å². The van der Waals surface area contributed by atoms with Gasteiger partial charge in [0.25, 0.3) is 0 Å². The van der Waals surface area contributed by atoms with Gasteiger partial charge in [0.05, 0.1) is 31.1 Å². The van der Waals surface area contributed by atoms with Gasteiger partial charge in [-0.2, -0.15) is 5.10 Å². The van der Waals surface area contributed by atoms with Crippen LogP contribution in [-0.2, 0) is 17.8 Å². The third kappa shape index (κ3) is 3.57. The average molecular weight is 340 g/mol. The van der Waals surface area contributed by atoms with Gasteiger partial charge in [0.1, 0.15) is 0 Å². The second-order valence-electron chi connectivity index (χ2n) is 6.91. The zero-order chi connectivity index (χ0) is 17.4. The molecule has 1 atom stereocenters. The second-order valence-corrected chi connectivity index (χ2v) is 6.91. The summed E-state index contributed by atoms with van der Waals surface area (Å²) in [6.07, 6.45) is 6.20. The molecule has 1 aliphatic heterocycles. The van der Waals surface area contributed by atoms with E-state index in [9.17, 15) is 0 Å². The van der Waals surface area contributed by atoms with Crippen molar-refractivity contribution in [3.05, 3.63) is 47.3 Å². The standard InChI is InChI=1S/C18H24N6O/c1-13-7-19-23(8-13)12-17-11-22(4-5-25-17)9-16-10-24-15(3)6-14(2)20-18(24)21-16/h6-8,10,17H,4-5,9,11-12H2,1-3H3. The van der Waals surface area contributed by atoms with Crippen molar-refractivity contribution >= 4 is 5.78 Å². The van der Waals surface area contributed by atoms with Gasteiger partial charge in [-0.15, -0.1) is 0 Å². The van der Waals surface area contributed by atoms with Crippen LogP contribution >= 0.6 is 0 Å². The summed E-state index contributed by atoms with van der Waals surface area (Å²) in [6, 6.07) is 2.08. The lowest BCUT2D eigenvalue weighted by atomic mass is 10.2. The maximum atomic E-state index is 5.91. The molecule has 4 rings (SSSR count). The monoisotopic (exact) mass is 340 g/mol. The van der Waals surface area contributed by atoms with Crippen molar-refractivity contribution in [3.63, 3.8) is 0 Å². The predicted molar refractivity (Wildman–Crippen MR) is 94.4 cm³/mol. The zero-order valence-electron chi connectivity index (χ0n) is 15.0. The van der Waals surface area contributed by atoms with Crippen LogP contribution in [0.2, 0.25) is 0 Å². The molecule has 25 heavy (non-hydrogen) atoms. The van der Waals surface area contributed by atoms with Gasteiger partial charge in [-0.05, 0) is 32.4 Å². The van der Waals surface area contributed by atoms with Crippen LogP contribution in [0.5, 0.6) is 0 Å². The number of aromatic nitrogens is 5. The van der Waals surface area contributed by atoms with Crippen molar-refractivity contribution < 1.29 is 4.74 Å². The minimum absolute atomic E-state index is 0.159. The lowest BCUT2D eigenvalue weighted by Gasteiger charge is -2.32. The van der Waals surface area contributed by atoms with E-state index in [4.69, 9.17) is 9.72 Å². The number of rotatable bonds is 4. The molecule has 0 radical (unpaired) electrons. The van der Waals surface area contributed by atoms with Crippen LogP contribution in [0.15, 0.2) is 24.7 Å². The lowest BCUT2D eigenvalue weighted by Crippen LogP contribution is -2.43. The van der Waals surface area contributed by atoms with Crippen LogP contribution in [0.3, 0.4) is 0 Å². The second kappa shape index (κ2) is 6.57. The van der Waals surface area contributed by atoms with Crippen LogP contribution in [-0.4, -0.2) is 54.8 Å². The minimum Gasteiger partial charge on any atom is -0.374 e. The quantitative estimate of drug-likeness (QED) is 0.724. The highest BCUT2D eigenvalue weighted by Gasteiger charge is 2.22. The molecule has 0 spiro atoms. The molecule has 0 N–H and O–H groups in total. The third-order valence-corrected chi connectivity index (χ3v) is 4.57. The molecule has 132 valence electrons. The van der Waals surface area contributed by atoms with Crippen LogP contribution in [0.1, 0.15) is 22.6 Å². The number of hydrogen-bond acceptors (Lipinski definition) is 5. The number of nitrogens with zero attached hydrogens (tertiary/aromatic N) is 6. The Balaban J connectivity index is 1.44. The Kier molecular flexibility index (Phi) is 4.27. The van der Waals surface area contributed by atoms with E-state index in [0.29, 0.717) is 0 Å². The van der Waals surface area contributed by atoms with E-state index in [-0.39, 0.29) is 6.10 Å². The number of aryl methyl sites for hydroxylation is 3. The first kappa shape index (κ1) is 16.2. The summed E-state index contributed by atoms with van der Waals surface area (Å²) >= 11 is 0. The molecule has 7 nitrogen and oxygen atoms in total. The highest BCUT2D eigenvalue weighted by Crippen LogP contribution is 2.14. The molecule has 1 fully saturated rings. The van der Waals surface area contributed by atoms with Crippen molar-refractivity contribution in [2.24, 2.45) is 0 Å². The molecule has 0 amide bonds. The topological polar surface area (TPSA) is 60.5 Å². The first-order valence-electron chi connectivity index (χ1n) is 8.72. The van der Waals surface area contributed by atoms with E-state index in [1.165, 1.54) is 5.56 Å². The van der Waals surface area contributed by atoms with E-state index in [1.54, 1.807) is 0 Å². The van der Waals surface area contributed by atoms with Crippen LogP contribution in [0.4, 0.5) is 0 Å². The van der Waals surface area contributed by atoms with Gasteiger partial charge in [-0.3, -0.25) is 14.0 Å². The van der Waals surface area contributed by atoms with Crippen molar-refractivity contribution in [3.8, 4) is 0 Å². The maximum Gasteiger partial charge on any atom is 0.234 e. The zero-order valence-corrected chi connectivity index (χ0v) is 15.0. The molecule has 0 bridgehead atoms. The first-order valence-corrected chi connectivity index (χ1v) is 8.72. The Morgan fingerprint density at radius 2 is 2.08 bits per heavy atom. The first-order chi connectivity index (χ1) is 12.1. The molecule has 1 unspecified atom stereocenters. The molecule has 4 heterocycles.